The van der Waals surface area contributed by atoms with E-state index in [1.165, 1.54) is 18.2 Å². The van der Waals surface area contributed by atoms with E-state index in [1.807, 2.05) is 0 Å². The number of hydrogen-bond donors (Lipinski definition) is 2. The van der Waals surface area contributed by atoms with E-state index in [4.69, 9.17) is 10.8 Å². The van der Waals surface area contributed by atoms with Gasteiger partial charge in [0.15, 0.2) is 0 Å². The topological polar surface area (TPSA) is 119 Å². The van der Waals surface area contributed by atoms with Crippen molar-refractivity contribution in [2.45, 2.75) is 6.92 Å². The molecule has 7 nitrogen and oxygen atoms in total. The highest BCUT2D eigenvalue weighted by molar-refractivity contribution is 6.08. The van der Waals surface area contributed by atoms with Gasteiger partial charge in [0.1, 0.15) is 11.4 Å². The largest absolute Gasteiger partial charge is 0.478 e. The molecule has 3 N–H and O–H groups in total. The molecular formula is C11H9N3O4. The summed E-state index contributed by atoms with van der Waals surface area (Å²) in [5, 5.41) is 20.5. The Hall–Kier alpha value is -2.70. The number of aromatic carboxylic acids is 1. The van der Waals surface area contributed by atoms with Crippen molar-refractivity contribution in [3.8, 4) is 0 Å². The zero-order valence-corrected chi connectivity index (χ0v) is 9.38. The van der Waals surface area contributed by atoms with Crippen LogP contribution in [-0.4, -0.2) is 21.0 Å². The van der Waals surface area contributed by atoms with Crippen molar-refractivity contribution < 1.29 is 14.8 Å². The number of nitrogen functional groups attached to an aromatic ring is 1. The molecule has 18 heavy (non-hydrogen) atoms. The van der Waals surface area contributed by atoms with Gasteiger partial charge in [-0.05, 0) is 13.0 Å². The SMILES string of the molecule is Cc1nc(N)c(C(=O)O)c2ccc([N+](=O)[O-])cc12. The van der Waals surface area contributed by atoms with Crippen LogP contribution in [0.15, 0.2) is 18.2 Å². The minimum atomic E-state index is -1.21. The fourth-order valence-electron chi connectivity index (χ4n) is 1.82. The molecule has 2 rings (SSSR count). The molecule has 7 heteroatoms. The lowest BCUT2D eigenvalue weighted by Gasteiger charge is -2.07. The lowest BCUT2D eigenvalue weighted by atomic mass is 10.0. The van der Waals surface area contributed by atoms with Gasteiger partial charge >= 0.3 is 5.97 Å². The Labute approximate surface area is 101 Å². The molecule has 1 aromatic carbocycles. The van der Waals surface area contributed by atoms with Gasteiger partial charge in [-0.3, -0.25) is 10.1 Å². The van der Waals surface area contributed by atoms with E-state index >= 15 is 0 Å². The number of nitrogens with zero attached hydrogens (tertiary/aromatic N) is 2. The van der Waals surface area contributed by atoms with Gasteiger partial charge in [0.2, 0.25) is 0 Å². The maximum atomic E-state index is 11.1. The number of carboxylic acids is 1. The highest BCUT2D eigenvalue weighted by Gasteiger charge is 2.18. The second-order valence-electron chi connectivity index (χ2n) is 3.75. The minimum absolute atomic E-state index is 0.0960. The first-order valence-corrected chi connectivity index (χ1v) is 4.99. The number of nitrogens with two attached hydrogens (primary N) is 1. The summed E-state index contributed by atoms with van der Waals surface area (Å²) in [5.41, 5.74) is 5.76. The van der Waals surface area contributed by atoms with Gasteiger partial charge in [-0.2, -0.15) is 0 Å². The van der Waals surface area contributed by atoms with E-state index in [9.17, 15) is 14.9 Å². The Kier molecular flexibility index (Phi) is 2.59. The Morgan fingerprint density at radius 3 is 2.67 bits per heavy atom. The first-order chi connectivity index (χ1) is 8.41. The first kappa shape index (κ1) is 11.8. The van der Waals surface area contributed by atoms with E-state index < -0.39 is 10.9 Å². The summed E-state index contributed by atoms with van der Waals surface area (Å²) in [6.45, 7) is 1.62. The number of aromatic nitrogens is 1. The minimum Gasteiger partial charge on any atom is -0.478 e. The smallest absolute Gasteiger partial charge is 0.340 e. The molecule has 0 spiro atoms. The Bertz CT molecular complexity index is 682. The molecule has 1 aromatic heterocycles. The van der Waals surface area contributed by atoms with Crippen molar-refractivity contribution in [2.24, 2.45) is 0 Å². The summed E-state index contributed by atoms with van der Waals surface area (Å²) >= 11 is 0. The number of hydrogen-bond acceptors (Lipinski definition) is 5. The number of carboxylic acid groups (broad SMARTS) is 1. The molecule has 0 amide bonds. The number of anilines is 1. The molecule has 0 fully saturated rings. The summed E-state index contributed by atoms with van der Waals surface area (Å²) in [6.07, 6.45) is 0. The summed E-state index contributed by atoms with van der Waals surface area (Å²) in [5.74, 6) is -1.31. The fourth-order valence-corrected chi connectivity index (χ4v) is 1.82. The second kappa shape index (κ2) is 3.95. The molecule has 2 aromatic rings. The quantitative estimate of drug-likeness (QED) is 0.616. The number of pyridine rings is 1. The molecule has 0 aliphatic rings. The van der Waals surface area contributed by atoms with Crippen LogP contribution in [0.25, 0.3) is 10.8 Å². The van der Waals surface area contributed by atoms with Gasteiger partial charge in [-0.25, -0.2) is 9.78 Å². The van der Waals surface area contributed by atoms with E-state index in [1.54, 1.807) is 6.92 Å². The van der Waals surface area contributed by atoms with Gasteiger partial charge < -0.3 is 10.8 Å². The van der Waals surface area contributed by atoms with Crippen LogP contribution < -0.4 is 5.73 Å². The predicted molar refractivity (Wildman–Crippen MR) is 64.5 cm³/mol. The maximum absolute atomic E-state index is 11.1. The average molecular weight is 247 g/mol. The van der Waals surface area contributed by atoms with Crippen molar-refractivity contribution >= 4 is 28.2 Å². The van der Waals surface area contributed by atoms with Gasteiger partial charge in [-0.1, -0.05) is 0 Å². The van der Waals surface area contributed by atoms with Crippen LogP contribution in [0.2, 0.25) is 0 Å². The molecule has 0 saturated heterocycles. The molecule has 0 atom stereocenters. The number of aryl methyl sites for hydroxylation is 1. The van der Waals surface area contributed by atoms with E-state index in [2.05, 4.69) is 4.98 Å². The Balaban J connectivity index is 2.89. The fraction of sp³-hybridized carbons (Fsp3) is 0.0909. The van der Waals surface area contributed by atoms with Crippen LogP contribution in [-0.2, 0) is 0 Å². The molecule has 0 unspecified atom stereocenters. The molecule has 0 aliphatic heterocycles. The normalized spacial score (nSPS) is 10.5. The molecular weight excluding hydrogens is 238 g/mol. The molecule has 0 bridgehead atoms. The van der Waals surface area contributed by atoms with Crippen LogP contribution in [0.3, 0.4) is 0 Å². The lowest BCUT2D eigenvalue weighted by Crippen LogP contribution is -2.07. The van der Waals surface area contributed by atoms with E-state index in [-0.39, 0.29) is 17.1 Å². The third kappa shape index (κ3) is 1.71. The number of non-ortho nitro benzene ring substituents is 1. The van der Waals surface area contributed by atoms with Gasteiger partial charge in [0.25, 0.3) is 5.69 Å². The van der Waals surface area contributed by atoms with E-state index in [0.717, 1.165) is 0 Å². The van der Waals surface area contributed by atoms with Gasteiger partial charge in [0.05, 0.1) is 4.92 Å². The first-order valence-electron chi connectivity index (χ1n) is 4.99. The summed E-state index contributed by atoms with van der Waals surface area (Å²) in [7, 11) is 0. The molecule has 0 aliphatic carbocycles. The van der Waals surface area contributed by atoms with Gasteiger partial charge in [0, 0.05) is 28.6 Å². The van der Waals surface area contributed by atoms with Crippen LogP contribution in [0.5, 0.6) is 0 Å². The third-order valence-corrected chi connectivity index (χ3v) is 2.63. The maximum Gasteiger partial charge on any atom is 0.340 e. The average Bonchev–Trinajstić information content (AvgIpc) is 2.27. The summed E-state index contributed by atoms with van der Waals surface area (Å²) in [6, 6.07) is 3.92. The van der Waals surface area contributed by atoms with Crippen LogP contribution in [0, 0.1) is 17.0 Å². The van der Waals surface area contributed by atoms with Crippen molar-refractivity contribution in [2.75, 3.05) is 5.73 Å². The van der Waals surface area contributed by atoms with Crippen molar-refractivity contribution in [1.82, 2.24) is 4.98 Å². The zero-order valence-electron chi connectivity index (χ0n) is 9.38. The zero-order chi connectivity index (χ0) is 13.4. The van der Waals surface area contributed by atoms with Crippen molar-refractivity contribution in [3.05, 3.63) is 39.6 Å². The van der Waals surface area contributed by atoms with Crippen molar-refractivity contribution in [3.63, 3.8) is 0 Å². The van der Waals surface area contributed by atoms with Crippen LogP contribution in [0.1, 0.15) is 16.1 Å². The third-order valence-electron chi connectivity index (χ3n) is 2.63. The Morgan fingerprint density at radius 1 is 1.44 bits per heavy atom. The number of benzene rings is 1. The summed E-state index contributed by atoms with van der Waals surface area (Å²) < 4.78 is 0. The van der Waals surface area contributed by atoms with Gasteiger partial charge in [-0.15, -0.1) is 0 Å². The Morgan fingerprint density at radius 2 is 2.11 bits per heavy atom. The van der Waals surface area contributed by atoms with Crippen LogP contribution in [0.4, 0.5) is 11.5 Å². The summed E-state index contributed by atoms with van der Waals surface area (Å²) in [4.78, 5) is 25.1. The van der Waals surface area contributed by atoms with Crippen molar-refractivity contribution in [1.29, 1.82) is 0 Å². The highest BCUT2D eigenvalue weighted by atomic mass is 16.6. The molecule has 92 valence electrons. The molecule has 1 heterocycles. The van der Waals surface area contributed by atoms with E-state index in [0.29, 0.717) is 16.5 Å². The second-order valence-corrected chi connectivity index (χ2v) is 3.75. The number of carbonyl (C=O) groups is 1. The predicted octanol–water partition coefficient (Wildman–Crippen LogP) is 1.73. The number of nitro groups is 1. The number of nitro benzene ring substituents is 1. The van der Waals surface area contributed by atoms with Crippen LogP contribution >= 0.6 is 0 Å². The number of fused-ring (bicyclic) bond motifs is 1. The molecule has 0 saturated carbocycles. The highest BCUT2D eigenvalue weighted by Crippen LogP contribution is 2.28. The molecule has 0 radical (unpaired) electrons. The number of rotatable bonds is 2. The lowest BCUT2D eigenvalue weighted by molar-refractivity contribution is -0.384. The standard InChI is InChI=1S/C11H9N3O4/c1-5-8-4-6(14(17)18)2-3-7(8)9(11(15)16)10(12)13-5/h2-4H,1H3,(H2,12,13)(H,15,16). The monoisotopic (exact) mass is 247 g/mol.